The van der Waals surface area contributed by atoms with Crippen LogP contribution in [-0.2, 0) is 38.3 Å². The zero-order valence-corrected chi connectivity index (χ0v) is 35.8. The minimum atomic E-state index is -2.54. The molecular weight excluding hydrogens is 812 g/mol. The maximum atomic E-state index is 14.6. The number of hydrogen-bond donors (Lipinski definition) is 0. The monoisotopic (exact) mass is 860 g/mol. The normalized spacial score (nSPS) is 20.2. The van der Waals surface area contributed by atoms with Gasteiger partial charge in [-0.3, -0.25) is 9.59 Å². The molecule has 2 aromatic carbocycles. The quantitative estimate of drug-likeness (QED) is 0.0603. The van der Waals surface area contributed by atoms with Gasteiger partial charge in [0.25, 0.3) is 0 Å². The number of ketones is 2. The summed E-state index contributed by atoms with van der Waals surface area (Å²) in [6.07, 6.45) is 5.31. The van der Waals surface area contributed by atoms with Crippen LogP contribution in [0.25, 0.3) is 0 Å². The Morgan fingerprint density at radius 3 is 1.18 bits per heavy atom. The highest BCUT2D eigenvalue weighted by Crippen LogP contribution is 2.39. The number of ether oxygens (including phenoxy) is 6. The van der Waals surface area contributed by atoms with Crippen molar-refractivity contribution in [3.63, 3.8) is 0 Å². The van der Waals surface area contributed by atoms with Crippen LogP contribution in [-0.4, -0.2) is 108 Å². The lowest BCUT2D eigenvalue weighted by atomic mass is 9.77. The molecule has 0 heterocycles. The van der Waals surface area contributed by atoms with Crippen LogP contribution in [0.15, 0.2) is 97.1 Å². The Kier molecular flexibility index (Phi) is 14.5. The van der Waals surface area contributed by atoms with Gasteiger partial charge in [-0.15, -0.1) is 0 Å². The Hall–Kier alpha value is -7.24. The zero-order chi connectivity index (χ0) is 46.2. The summed E-state index contributed by atoms with van der Waals surface area (Å²) in [5.41, 5.74) is -7.65. The van der Waals surface area contributed by atoms with E-state index in [1.54, 1.807) is 41.5 Å². The highest BCUT2D eigenvalue weighted by molar-refractivity contribution is 6.11. The second-order valence-electron chi connectivity index (χ2n) is 16.1. The van der Waals surface area contributed by atoms with Crippen molar-refractivity contribution in [2.24, 2.45) is 11.8 Å². The topological polar surface area (TPSA) is 217 Å². The van der Waals surface area contributed by atoms with Crippen LogP contribution in [0.3, 0.4) is 0 Å². The van der Waals surface area contributed by atoms with Gasteiger partial charge in [0.2, 0.25) is 22.8 Å². The Bertz CT molecular complexity index is 2070. The van der Waals surface area contributed by atoms with Crippen molar-refractivity contribution in [2.75, 3.05) is 28.2 Å². The Morgan fingerprint density at radius 1 is 0.516 bits per heavy atom. The van der Waals surface area contributed by atoms with Gasteiger partial charge in [-0.05, 0) is 78.0 Å². The van der Waals surface area contributed by atoms with Gasteiger partial charge in [0, 0.05) is 28.2 Å². The summed E-state index contributed by atoms with van der Waals surface area (Å²) >= 11 is 0. The van der Waals surface area contributed by atoms with Crippen LogP contribution in [0.2, 0.25) is 0 Å². The third-order valence-corrected chi connectivity index (χ3v) is 8.54. The zero-order valence-electron chi connectivity index (χ0n) is 35.8. The van der Waals surface area contributed by atoms with Crippen molar-refractivity contribution >= 4 is 48.0 Å². The maximum absolute atomic E-state index is 14.6. The summed E-state index contributed by atoms with van der Waals surface area (Å²) in [5.74, 6) is -9.35. The summed E-state index contributed by atoms with van der Waals surface area (Å²) in [6.45, 7) is 9.59. The lowest BCUT2D eigenvalue weighted by molar-refractivity contribution is -0.267. The molecule has 4 rings (SSSR count). The minimum Gasteiger partial charge on any atom is -0.429 e. The first-order valence-corrected chi connectivity index (χ1v) is 18.9. The molecule has 2 aliphatic carbocycles. The number of Topliss-reactive ketones (excluding diaryl/α,β-unsaturated/α-hetero) is 2. The van der Waals surface area contributed by atoms with Crippen LogP contribution in [0, 0.1) is 11.8 Å². The summed E-state index contributed by atoms with van der Waals surface area (Å²) < 4.78 is 32.6. The van der Waals surface area contributed by atoms with Gasteiger partial charge < -0.3 is 38.2 Å². The fourth-order valence-electron chi connectivity index (χ4n) is 5.76. The number of benzene rings is 2. The standard InChI is InChI=1S/C44H48N2O16/c1-41(2,3)59-39(53)55-31-23-13-11-19-27(31)33(47)43(57-37(51)45(7)8)25-17-15-21-29(43)35(49)61-62-36(50)30-22-16-18-26-44(30,58-38(52)46(9)10)34(48)28-20-12-14-24-32(28)56-40(54)60-42(4,5)6/h11-26,29-30H,1-10H3. The Labute approximate surface area is 357 Å². The first kappa shape index (κ1) is 47.4. The molecule has 62 heavy (non-hydrogen) atoms. The number of rotatable bonds is 10. The van der Waals surface area contributed by atoms with Gasteiger partial charge in [0.15, 0.2) is 0 Å². The number of amides is 2. The summed E-state index contributed by atoms with van der Waals surface area (Å²) in [7, 11) is 5.29. The number of para-hydroxylation sites is 2. The predicted molar refractivity (Wildman–Crippen MR) is 217 cm³/mol. The molecular formula is C44H48N2O16. The average Bonchev–Trinajstić information content (AvgIpc) is 3.18. The molecule has 2 aliphatic rings. The average molecular weight is 861 g/mol. The van der Waals surface area contributed by atoms with E-state index in [9.17, 15) is 38.4 Å². The molecule has 2 aromatic rings. The molecule has 0 saturated heterocycles. The van der Waals surface area contributed by atoms with Crippen molar-refractivity contribution < 1.29 is 76.6 Å². The highest BCUT2D eigenvalue weighted by atomic mass is 17.2. The van der Waals surface area contributed by atoms with E-state index >= 15 is 0 Å². The predicted octanol–water partition coefficient (Wildman–Crippen LogP) is 6.74. The number of hydrogen-bond acceptors (Lipinski definition) is 16. The molecule has 0 spiro atoms. The van der Waals surface area contributed by atoms with Crippen molar-refractivity contribution in [2.45, 2.75) is 63.9 Å². The SMILES string of the molecule is CN(C)C(=O)OC1(C(=O)c2ccccc2OC(=O)OC(C)(C)C)C=CC=CC1C(=O)OOC(=O)C1C=CC=CC1(OC(=O)N(C)C)C(=O)c1ccccc1OC(=O)OC(C)(C)C. The van der Waals surface area contributed by atoms with E-state index in [1.165, 1.54) is 101 Å². The molecule has 18 heteroatoms. The van der Waals surface area contributed by atoms with Crippen molar-refractivity contribution in [1.29, 1.82) is 0 Å². The van der Waals surface area contributed by atoms with E-state index < -0.39 is 82.2 Å². The number of allylic oxidation sites excluding steroid dienone is 4. The fourth-order valence-corrected chi connectivity index (χ4v) is 5.76. The molecule has 2 amide bonds. The van der Waals surface area contributed by atoms with E-state index in [-0.39, 0.29) is 22.6 Å². The fraction of sp³-hybridized carbons (Fsp3) is 0.364. The molecule has 0 bridgehead atoms. The molecule has 4 unspecified atom stereocenters. The van der Waals surface area contributed by atoms with Crippen LogP contribution >= 0.6 is 0 Å². The Morgan fingerprint density at radius 2 is 0.855 bits per heavy atom. The Balaban J connectivity index is 1.71. The van der Waals surface area contributed by atoms with Gasteiger partial charge >= 0.3 is 36.4 Å². The molecule has 330 valence electrons. The maximum Gasteiger partial charge on any atom is 0.514 e. The minimum absolute atomic E-state index is 0.308. The number of nitrogens with zero attached hydrogens (tertiary/aromatic N) is 2. The largest absolute Gasteiger partial charge is 0.514 e. The van der Waals surface area contributed by atoms with Gasteiger partial charge in [-0.25, -0.2) is 38.5 Å². The van der Waals surface area contributed by atoms with Gasteiger partial charge in [0.05, 0.1) is 11.1 Å². The van der Waals surface area contributed by atoms with Crippen molar-refractivity contribution in [3.05, 3.63) is 108 Å². The van der Waals surface area contributed by atoms with E-state index in [2.05, 4.69) is 0 Å². The van der Waals surface area contributed by atoms with E-state index in [4.69, 9.17) is 38.2 Å². The number of carbonyl (C=O) groups excluding carboxylic acids is 8. The van der Waals surface area contributed by atoms with Gasteiger partial charge in [-0.2, -0.15) is 0 Å². The third kappa shape index (κ3) is 11.3. The van der Waals surface area contributed by atoms with Crippen molar-refractivity contribution in [1.82, 2.24) is 9.80 Å². The lowest BCUT2D eigenvalue weighted by Gasteiger charge is -2.36. The van der Waals surface area contributed by atoms with Crippen LogP contribution in [0.5, 0.6) is 11.5 Å². The summed E-state index contributed by atoms with van der Waals surface area (Å²) in [6, 6.07) is 10.8. The molecule has 0 radical (unpaired) electrons. The van der Waals surface area contributed by atoms with E-state index in [0.29, 0.717) is 0 Å². The van der Waals surface area contributed by atoms with Gasteiger partial charge in [-0.1, -0.05) is 60.7 Å². The lowest BCUT2D eigenvalue weighted by Crippen LogP contribution is -2.54. The van der Waals surface area contributed by atoms with Crippen LogP contribution < -0.4 is 9.47 Å². The van der Waals surface area contributed by atoms with Crippen LogP contribution in [0.4, 0.5) is 19.2 Å². The number of carbonyl (C=O) groups is 8. The molecule has 0 aromatic heterocycles. The second kappa shape index (κ2) is 19.0. The molecule has 0 aliphatic heterocycles. The molecule has 4 atom stereocenters. The molecule has 0 N–H and O–H groups in total. The van der Waals surface area contributed by atoms with E-state index in [0.717, 1.165) is 34.1 Å². The molecule has 0 fully saturated rings. The molecule has 18 nitrogen and oxygen atoms in total. The summed E-state index contributed by atoms with van der Waals surface area (Å²) in [4.78, 5) is 121. The molecule has 0 saturated carbocycles. The smallest absolute Gasteiger partial charge is 0.429 e. The first-order chi connectivity index (χ1) is 28.9. The third-order valence-electron chi connectivity index (χ3n) is 8.54. The van der Waals surface area contributed by atoms with Crippen molar-refractivity contribution in [3.8, 4) is 11.5 Å². The van der Waals surface area contributed by atoms with E-state index in [1.807, 2.05) is 0 Å². The first-order valence-electron chi connectivity index (χ1n) is 18.9. The van der Waals surface area contributed by atoms with Crippen LogP contribution in [0.1, 0.15) is 62.3 Å². The van der Waals surface area contributed by atoms with Gasteiger partial charge in [0.1, 0.15) is 34.5 Å². The second-order valence-corrected chi connectivity index (χ2v) is 16.1. The highest BCUT2D eigenvalue weighted by Gasteiger charge is 2.56. The summed E-state index contributed by atoms with van der Waals surface area (Å²) in [5, 5.41) is 0.